The van der Waals surface area contributed by atoms with Crippen LogP contribution in [0.2, 0.25) is 0 Å². The predicted octanol–water partition coefficient (Wildman–Crippen LogP) is 3.32. The molecule has 0 amide bonds. The highest BCUT2D eigenvalue weighted by Crippen LogP contribution is 2.29. The Morgan fingerprint density at radius 1 is 1.29 bits per heavy atom. The van der Waals surface area contributed by atoms with Gasteiger partial charge in [-0.2, -0.15) is 0 Å². The summed E-state index contributed by atoms with van der Waals surface area (Å²) in [7, 11) is 0. The highest BCUT2D eigenvalue weighted by molar-refractivity contribution is 9.26. The molecule has 0 heterocycles. The van der Waals surface area contributed by atoms with Crippen LogP contribution in [0.15, 0.2) is 0 Å². The third-order valence-electron chi connectivity index (χ3n) is 2.32. The summed E-state index contributed by atoms with van der Waals surface area (Å²) in [4.78, 5) is 22.4. The largest absolute Gasteiger partial charge is 0.479 e. The molecule has 0 saturated heterocycles. The minimum Gasteiger partial charge on any atom is -0.479 e. The van der Waals surface area contributed by atoms with E-state index in [2.05, 4.69) is 45.7 Å². The fourth-order valence-corrected chi connectivity index (χ4v) is 1.37. The molecule has 0 aromatic rings. The number of alkyl halides is 2. The first-order valence-corrected chi connectivity index (χ1v) is 7.12. The first kappa shape index (κ1) is 16.9. The molecule has 0 spiro atoms. The lowest BCUT2D eigenvalue weighted by Crippen LogP contribution is -2.38. The zero-order valence-corrected chi connectivity index (χ0v) is 13.4. The van der Waals surface area contributed by atoms with Gasteiger partial charge in [-0.1, -0.05) is 20.8 Å². The Labute approximate surface area is 118 Å². The molecule has 0 radical (unpaired) electrons. The van der Waals surface area contributed by atoms with E-state index in [4.69, 9.17) is 9.84 Å². The van der Waals surface area contributed by atoms with E-state index in [1.54, 1.807) is 0 Å². The lowest BCUT2D eigenvalue weighted by molar-refractivity contribution is -0.155. The molecule has 1 atom stereocenters. The molecule has 0 aliphatic rings. The van der Waals surface area contributed by atoms with Crippen molar-refractivity contribution in [3.05, 3.63) is 0 Å². The van der Waals surface area contributed by atoms with Crippen LogP contribution in [0.25, 0.3) is 0 Å². The number of ether oxygens (including phenoxy) is 1. The summed E-state index contributed by atoms with van der Waals surface area (Å²) < 4.78 is 3.32. The highest BCUT2D eigenvalue weighted by Gasteiger charge is 2.43. The first-order chi connectivity index (χ1) is 7.71. The second-order valence-corrected chi connectivity index (χ2v) is 7.73. The normalized spacial score (nSPS) is 13.5. The van der Waals surface area contributed by atoms with Gasteiger partial charge in [0.25, 0.3) is 3.23 Å². The van der Waals surface area contributed by atoms with Gasteiger partial charge in [0.15, 0.2) is 0 Å². The lowest BCUT2D eigenvalue weighted by Gasteiger charge is -2.21. The zero-order valence-electron chi connectivity index (χ0n) is 10.2. The third-order valence-corrected chi connectivity index (χ3v) is 3.65. The Balaban J connectivity index is 4.38. The summed E-state index contributed by atoms with van der Waals surface area (Å²) >= 11 is 5.58. The van der Waals surface area contributed by atoms with Gasteiger partial charge >= 0.3 is 11.9 Å². The first-order valence-electron chi connectivity index (χ1n) is 5.54. The van der Waals surface area contributed by atoms with Crippen molar-refractivity contribution in [1.82, 2.24) is 0 Å². The van der Waals surface area contributed by atoms with E-state index in [1.807, 2.05) is 6.92 Å². The number of rotatable bonds is 7. The Morgan fingerprint density at radius 2 is 1.82 bits per heavy atom. The van der Waals surface area contributed by atoms with Crippen molar-refractivity contribution in [2.75, 3.05) is 0 Å². The maximum atomic E-state index is 11.6. The van der Waals surface area contributed by atoms with Gasteiger partial charge < -0.3 is 9.84 Å². The van der Waals surface area contributed by atoms with Crippen LogP contribution >= 0.6 is 31.9 Å². The zero-order chi connectivity index (χ0) is 13.6. The summed E-state index contributed by atoms with van der Waals surface area (Å²) in [6.07, 6.45) is 2.12. The van der Waals surface area contributed by atoms with Gasteiger partial charge in [-0.15, -0.1) is 0 Å². The standard InChI is InChI=1S/C11H18Br2O4/c1-4-8(6-5-7(2)3)17-10(16)11(12,13)9(14)15/h7-8H,4-6H2,1-3H3,(H,14,15). The maximum Gasteiger partial charge on any atom is 0.345 e. The molecule has 0 aliphatic heterocycles. The molecule has 0 aliphatic carbocycles. The van der Waals surface area contributed by atoms with Crippen molar-refractivity contribution in [3.63, 3.8) is 0 Å². The van der Waals surface area contributed by atoms with Crippen molar-refractivity contribution in [2.45, 2.75) is 49.4 Å². The summed E-state index contributed by atoms with van der Waals surface area (Å²) in [6.45, 7) is 6.08. The molecular formula is C11H18Br2O4. The molecule has 6 heteroatoms. The van der Waals surface area contributed by atoms with E-state index in [-0.39, 0.29) is 6.10 Å². The van der Waals surface area contributed by atoms with Crippen LogP contribution in [0.5, 0.6) is 0 Å². The van der Waals surface area contributed by atoms with Crippen LogP contribution in [0.4, 0.5) is 0 Å². The van der Waals surface area contributed by atoms with Crippen LogP contribution < -0.4 is 0 Å². The maximum absolute atomic E-state index is 11.6. The van der Waals surface area contributed by atoms with Gasteiger partial charge in [-0.3, -0.25) is 0 Å². The molecule has 0 fully saturated rings. The molecule has 4 nitrogen and oxygen atoms in total. The topological polar surface area (TPSA) is 63.6 Å². The number of carboxylic acids is 1. The van der Waals surface area contributed by atoms with E-state index in [0.717, 1.165) is 12.8 Å². The van der Waals surface area contributed by atoms with E-state index < -0.39 is 15.2 Å². The Morgan fingerprint density at radius 3 is 2.18 bits per heavy atom. The highest BCUT2D eigenvalue weighted by atomic mass is 79.9. The van der Waals surface area contributed by atoms with E-state index in [9.17, 15) is 9.59 Å². The molecule has 0 aromatic carbocycles. The number of halogens is 2. The second kappa shape index (κ2) is 7.36. The summed E-state index contributed by atoms with van der Waals surface area (Å²) in [5, 5.41) is 8.82. The van der Waals surface area contributed by atoms with Gasteiger partial charge in [-0.25, -0.2) is 9.59 Å². The third kappa shape index (κ3) is 5.86. The minimum absolute atomic E-state index is 0.237. The van der Waals surface area contributed by atoms with Crippen LogP contribution in [-0.4, -0.2) is 26.4 Å². The van der Waals surface area contributed by atoms with Gasteiger partial charge in [0, 0.05) is 0 Å². The van der Waals surface area contributed by atoms with E-state index in [0.29, 0.717) is 12.3 Å². The predicted molar refractivity (Wildman–Crippen MR) is 72.5 cm³/mol. The monoisotopic (exact) mass is 372 g/mol. The van der Waals surface area contributed by atoms with Crippen LogP contribution in [0.3, 0.4) is 0 Å². The number of hydrogen-bond donors (Lipinski definition) is 1. The number of carbonyl (C=O) groups is 2. The van der Waals surface area contributed by atoms with Crippen molar-refractivity contribution >= 4 is 43.8 Å². The molecular weight excluding hydrogens is 356 g/mol. The Hall–Kier alpha value is -0.100. The fraction of sp³-hybridized carbons (Fsp3) is 0.818. The van der Waals surface area contributed by atoms with E-state index in [1.165, 1.54) is 0 Å². The smallest absolute Gasteiger partial charge is 0.345 e. The minimum atomic E-state index is -1.84. The number of hydrogen-bond acceptors (Lipinski definition) is 3. The van der Waals surface area contributed by atoms with Crippen molar-refractivity contribution in [3.8, 4) is 0 Å². The van der Waals surface area contributed by atoms with Crippen molar-refractivity contribution in [1.29, 1.82) is 0 Å². The second-order valence-electron chi connectivity index (χ2n) is 4.29. The number of carboxylic acid groups (broad SMARTS) is 1. The SMILES string of the molecule is CCC(CCC(C)C)OC(=O)C(Br)(Br)C(=O)O. The average molecular weight is 374 g/mol. The number of carbonyl (C=O) groups excluding carboxylic acids is 1. The lowest BCUT2D eigenvalue weighted by atomic mass is 10.0. The molecule has 0 saturated carbocycles. The van der Waals surface area contributed by atoms with Crippen LogP contribution in [0, 0.1) is 5.92 Å². The molecule has 1 unspecified atom stereocenters. The quantitative estimate of drug-likeness (QED) is 0.422. The molecule has 0 rings (SSSR count). The summed E-state index contributed by atoms with van der Waals surface area (Å²) in [5.74, 6) is -1.61. The molecule has 100 valence electrons. The van der Waals surface area contributed by atoms with Gasteiger partial charge in [0.05, 0.1) is 0 Å². The number of aliphatic carboxylic acids is 1. The molecule has 0 aromatic heterocycles. The number of esters is 1. The van der Waals surface area contributed by atoms with Crippen molar-refractivity contribution < 1.29 is 19.4 Å². The van der Waals surface area contributed by atoms with Gasteiger partial charge in [0.2, 0.25) is 0 Å². The van der Waals surface area contributed by atoms with Crippen LogP contribution in [0.1, 0.15) is 40.0 Å². The Bertz CT molecular complexity index is 277. The molecule has 17 heavy (non-hydrogen) atoms. The molecule has 0 bridgehead atoms. The average Bonchev–Trinajstić information content (AvgIpc) is 2.23. The summed E-state index contributed by atoms with van der Waals surface area (Å²) in [6, 6.07) is 0. The Kier molecular flexibility index (Phi) is 7.32. The fourth-order valence-electron chi connectivity index (χ4n) is 1.18. The van der Waals surface area contributed by atoms with Gasteiger partial charge in [-0.05, 0) is 57.0 Å². The summed E-state index contributed by atoms with van der Waals surface area (Å²) in [5.41, 5.74) is 0. The van der Waals surface area contributed by atoms with E-state index >= 15 is 0 Å². The van der Waals surface area contributed by atoms with Crippen molar-refractivity contribution in [2.24, 2.45) is 5.92 Å². The van der Waals surface area contributed by atoms with Crippen LogP contribution in [-0.2, 0) is 14.3 Å². The molecule has 1 N–H and O–H groups in total. The van der Waals surface area contributed by atoms with Gasteiger partial charge in [0.1, 0.15) is 6.10 Å².